The molecule has 15 rings (SSSR count). The number of hydrogen-bond acceptors (Lipinski definition) is 10. The van der Waals surface area contributed by atoms with Gasteiger partial charge in [-0.3, -0.25) is 15.0 Å². The first kappa shape index (κ1) is 92.0. The van der Waals surface area contributed by atoms with Gasteiger partial charge in [0, 0.05) is 92.4 Å². The van der Waals surface area contributed by atoms with E-state index >= 15 is 0 Å². The monoisotopic (exact) mass is 1350 g/mol. The van der Waals surface area contributed by atoms with Gasteiger partial charge in [-0.15, -0.1) is 34.0 Å². The van der Waals surface area contributed by atoms with Gasteiger partial charge in [0.05, 0.1) is 11.8 Å². The first-order valence-corrected chi connectivity index (χ1v) is 36.8. The van der Waals surface area contributed by atoms with E-state index in [4.69, 9.17) is 9.47 Å². The fourth-order valence-corrected chi connectivity index (χ4v) is 9.43. The number of rotatable bonds is 0. The van der Waals surface area contributed by atoms with Crippen molar-refractivity contribution < 1.29 is 9.47 Å². The number of H-pyrrole nitrogens is 3. The lowest BCUT2D eigenvalue weighted by Crippen LogP contribution is -1.92. The molecule has 94 heavy (non-hydrogen) atoms. The summed E-state index contributed by atoms with van der Waals surface area (Å²) in [5.74, 6) is 1.69. The van der Waals surface area contributed by atoms with Crippen LogP contribution in [0.2, 0.25) is 0 Å². The Morgan fingerprint density at radius 2 is 0.702 bits per heavy atom. The third-order valence-electron chi connectivity index (χ3n) is 10.5. The number of hydrogen-bond donors (Lipinski definition) is 3. The second-order valence-corrected chi connectivity index (χ2v) is 19.4. The third kappa shape index (κ3) is 42.6. The van der Waals surface area contributed by atoms with Crippen LogP contribution < -0.4 is 9.47 Å². The third-order valence-corrected chi connectivity index (χ3v) is 13.8. The van der Waals surface area contributed by atoms with E-state index in [0.717, 1.165) is 11.5 Å². The van der Waals surface area contributed by atoms with Crippen molar-refractivity contribution >= 4 is 87.3 Å². The summed E-state index contributed by atoms with van der Waals surface area (Å²) < 4.78 is 12.9. The largest absolute Gasteiger partial charge is 0.454 e. The standard InChI is InChI=1S/2C9H9N.2C9H8S.C7H6O2.2C5H5N.C4H4S.C3H4N2.C3H3NS.9C2H6/c4*1-7-6-10-9-5-3-2-4-8(7)9;1-2-4-7-6(3-1)8-5-9-7;2*1-2-4-6-5-3-1;1-2-4-5-3-1;2*1-2-5-3-4-1;9*1-2/h2*2-6,10H,1H3;2*2-6H,1H3;1-4H,5H2;2*1-5H;1-4H;1-3H,(H,4,5);1-3H;9*1-2H3. The minimum Gasteiger partial charge on any atom is -0.454 e. The van der Waals surface area contributed by atoms with E-state index in [1.54, 1.807) is 77.9 Å². The van der Waals surface area contributed by atoms with Crippen LogP contribution in [0.5, 0.6) is 11.5 Å². The van der Waals surface area contributed by atoms with Gasteiger partial charge in [0.25, 0.3) is 0 Å². The van der Waals surface area contributed by atoms with Crippen LogP contribution in [-0.4, -0.2) is 41.7 Å². The number of aryl methyl sites for hydroxylation is 4. The molecule has 0 bridgehead atoms. The fraction of sp³-hybridized carbons (Fsp3) is 0.284. The number of imidazole rings is 1. The number of benzene rings is 5. The molecule has 13 heteroatoms. The van der Waals surface area contributed by atoms with Crippen LogP contribution in [0.4, 0.5) is 0 Å². The normalized spacial score (nSPS) is 8.66. The lowest BCUT2D eigenvalue weighted by molar-refractivity contribution is 0.174. The minimum absolute atomic E-state index is 0.360. The minimum atomic E-state index is 0.360. The maximum atomic E-state index is 5.08. The summed E-state index contributed by atoms with van der Waals surface area (Å²) in [6.07, 6.45) is 17.9. The number of aromatic amines is 3. The van der Waals surface area contributed by atoms with E-state index in [1.165, 1.54) is 64.2 Å². The molecule has 0 atom stereocenters. The molecule has 3 N–H and O–H groups in total. The molecular weight excluding hydrogens is 1230 g/mol. The Morgan fingerprint density at radius 1 is 0.330 bits per heavy atom. The SMILES string of the molecule is CC.CC.CC.CC.CC.CC.CC.CC.CC.Cc1c[nH]c2ccccc12.Cc1c[nH]c2ccccc12.Cc1csc2ccccc12.Cc1csc2ccccc12.c1c[nH]cn1.c1ccc2c(c1)OCO2.c1ccncc1.c1ccncc1.c1ccsc1.c1cscn1. The average molecular weight is 1350 g/mol. The molecule has 0 saturated carbocycles. The Hall–Kier alpha value is -8.46. The van der Waals surface area contributed by atoms with E-state index < -0.39 is 0 Å². The molecule has 0 radical (unpaired) electrons. The Labute approximate surface area is 584 Å². The summed E-state index contributed by atoms with van der Waals surface area (Å²) in [7, 11) is 0. The first-order chi connectivity index (χ1) is 46.5. The van der Waals surface area contributed by atoms with Crippen molar-refractivity contribution in [3.8, 4) is 11.5 Å². The summed E-state index contributed by atoms with van der Waals surface area (Å²) >= 11 is 6.94. The molecule has 0 amide bonds. The topological polar surface area (TPSA) is 117 Å². The van der Waals surface area contributed by atoms with Gasteiger partial charge in [-0.2, -0.15) is 11.3 Å². The molecule has 0 unspecified atom stereocenters. The van der Waals surface area contributed by atoms with Crippen molar-refractivity contribution in [2.45, 2.75) is 152 Å². The summed E-state index contributed by atoms with van der Waals surface area (Å²) in [6.45, 7) is 44.9. The molecule has 0 saturated heterocycles. The Bertz CT molecular complexity index is 3090. The molecule has 10 heterocycles. The van der Waals surface area contributed by atoms with Crippen LogP contribution in [0.1, 0.15) is 147 Å². The van der Waals surface area contributed by atoms with Crippen molar-refractivity contribution in [2.75, 3.05) is 6.79 Å². The molecule has 9 aromatic heterocycles. The van der Waals surface area contributed by atoms with Gasteiger partial charge in [-0.1, -0.05) is 234 Å². The van der Waals surface area contributed by atoms with Crippen LogP contribution in [0.15, 0.2) is 264 Å². The molecule has 1 aliphatic rings. The molecule has 14 aromatic rings. The van der Waals surface area contributed by atoms with Crippen molar-refractivity contribution in [3.63, 3.8) is 0 Å². The molecule has 510 valence electrons. The predicted octanol–water partition coefficient (Wildman–Crippen LogP) is 27.5. The number of pyridine rings is 2. The highest BCUT2D eigenvalue weighted by Crippen LogP contribution is 2.30. The first-order valence-electron chi connectivity index (χ1n) is 33.2. The number of fused-ring (bicyclic) bond motifs is 5. The van der Waals surface area contributed by atoms with Crippen LogP contribution in [0.3, 0.4) is 0 Å². The van der Waals surface area contributed by atoms with Gasteiger partial charge in [-0.05, 0) is 143 Å². The number of thiophene rings is 3. The van der Waals surface area contributed by atoms with Crippen molar-refractivity contribution in [1.29, 1.82) is 0 Å². The second-order valence-electron chi connectivity index (χ2n) is 16.0. The van der Waals surface area contributed by atoms with E-state index in [0.29, 0.717) is 6.79 Å². The van der Waals surface area contributed by atoms with Crippen molar-refractivity contribution in [3.05, 3.63) is 287 Å². The van der Waals surface area contributed by atoms with Crippen molar-refractivity contribution in [2.24, 2.45) is 0 Å². The zero-order valence-electron chi connectivity index (χ0n) is 60.8. The molecule has 9 nitrogen and oxygen atoms in total. The lowest BCUT2D eigenvalue weighted by atomic mass is 10.2. The molecule has 1 aliphatic heterocycles. The van der Waals surface area contributed by atoms with E-state index in [-0.39, 0.29) is 0 Å². The van der Waals surface area contributed by atoms with Gasteiger partial charge >= 0.3 is 0 Å². The smallest absolute Gasteiger partial charge is 0.231 e. The zero-order valence-corrected chi connectivity index (χ0v) is 64.1. The summed E-state index contributed by atoms with van der Waals surface area (Å²) in [5.41, 5.74) is 9.65. The van der Waals surface area contributed by atoms with Gasteiger partial charge in [-0.25, -0.2) is 4.98 Å². The van der Waals surface area contributed by atoms with Crippen LogP contribution >= 0.6 is 45.3 Å². The molecule has 0 aliphatic carbocycles. The molecule has 0 fully saturated rings. The maximum Gasteiger partial charge on any atom is 0.231 e. The van der Waals surface area contributed by atoms with Gasteiger partial charge in [0.1, 0.15) is 0 Å². The molecule has 5 aromatic carbocycles. The average Bonchev–Trinajstić information content (AvgIpc) is 1.90. The number of para-hydroxylation sites is 4. The summed E-state index contributed by atoms with van der Waals surface area (Å²) in [6, 6.07) is 56.7. The van der Waals surface area contributed by atoms with E-state index in [9.17, 15) is 0 Å². The predicted molar refractivity (Wildman–Crippen MR) is 427 cm³/mol. The highest BCUT2D eigenvalue weighted by atomic mass is 32.1. The number of nitrogens with one attached hydrogen (secondary N) is 3. The highest BCUT2D eigenvalue weighted by Gasteiger charge is 2.09. The second kappa shape index (κ2) is 70.4. The number of aromatic nitrogens is 7. The van der Waals surface area contributed by atoms with Crippen LogP contribution in [-0.2, 0) is 0 Å². The van der Waals surface area contributed by atoms with E-state index in [2.05, 4.69) is 158 Å². The van der Waals surface area contributed by atoms with Crippen molar-refractivity contribution in [1.82, 2.24) is 34.9 Å². The zero-order chi connectivity index (χ0) is 71.1. The summed E-state index contributed by atoms with van der Waals surface area (Å²) in [4.78, 5) is 24.1. The van der Waals surface area contributed by atoms with Crippen LogP contribution in [0, 0.1) is 27.7 Å². The van der Waals surface area contributed by atoms with Gasteiger partial charge in [0.15, 0.2) is 11.5 Å². The number of thiazole rings is 1. The van der Waals surface area contributed by atoms with Crippen LogP contribution in [0.25, 0.3) is 42.0 Å². The number of nitrogens with zero attached hydrogens (tertiary/aromatic N) is 4. The summed E-state index contributed by atoms with van der Waals surface area (Å²) in [5, 5.41) is 15.8. The lowest BCUT2D eigenvalue weighted by Gasteiger charge is -1.89. The Balaban J connectivity index is -0.000000470. The Morgan fingerprint density at radius 3 is 0.957 bits per heavy atom. The van der Waals surface area contributed by atoms with E-state index in [1.807, 2.05) is 261 Å². The van der Waals surface area contributed by atoms with Gasteiger partial charge < -0.3 is 24.4 Å². The molecular formula is C81H115N7O2S4. The maximum absolute atomic E-state index is 5.08. The number of ether oxygens (including phenoxy) is 2. The molecule has 0 spiro atoms. The van der Waals surface area contributed by atoms with Gasteiger partial charge in [0.2, 0.25) is 6.79 Å². The quantitative estimate of drug-likeness (QED) is 0.139. The fourth-order valence-electron chi connectivity index (χ4n) is 6.74. The Kier molecular flexibility index (Phi) is 68.9. The highest BCUT2D eigenvalue weighted by molar-refractivity contribution is 7.17.